The van der Waals surface area contributed by atoms with Crippen molar-refractivity contribution in [1.29, 1.82) is 0 Å². The number of benzene rings is 3. The molecule has 0 unspecified atom stereocenters. The van der Waals surface area contributed by atoms with Crippen LogP contribution in [-0.2, 0) is 13.0 Å². The molecule has 0 amide bonds. The quantitative estimate of drug-likeness (QED) is 0.205. The van der Waals surface area contributed by atoms with Crippen LogP contribution in [0.3, 0.4) is 0 Å². The Morgan fingerprint density at radius 3 is 2.51 bits per heavy atom. The lowest BCUT2D eigenvalue weighted by Crippen LogP contribution is -2.22. The number of unbranched alkanes of at least 4 members (excludes halogenated alkanes) is 1. The lowest BCUT2D eigenvalue weighted by Gasteiger charge is -2.11. The Morgan fingerprint density at radius 1 is 1.11 bits per heavy atom. The third kappa shape index (κ3) is 6.10. The lowest BCUT2D eigenvalue weighted by molar-refractivity contribution is 0.306. The number of nitrogens with zero attached hydrogens (tertiary/aromatic N) is 3. The summed E-state index contributed by atoms with van der Waals surface area (Å²) in [4.78, 5) is 17.9. The highest BCUT2D eigenvalue weighted by molar-refractivity contribution is 9.10. The highest BCUT2D eigenvalue weighted by Crippen LogP contribution is 2.34. The second-order valence-corrected chi connectivity index (χ2v) is 9.61. The molecule has 180 valence electrons. The molecule has 0 atom stereocenters. The first-order valence-electron chi connectivity index (χ1n) is 11.0. The van der Waals surface area contributed by atoms with E-state index in [0.717, 1.165) is 22.9 Å². The standard InChI is InChI=1S/C26H21BrCl2FN3O2/c1-2-3-4-24-32-23-10-7-18(27)13-20(23)26(34)33(24)31-14-17-11-21(28)25(22(29)12-17)35-15-16-5-8-19(30)9-6-16/h5-14H,2-4,15H2,1H3. The number of aromatic nitrogens is 2. The molecule has 0 radical (unpaired) electrons. The molecular formula is C26H21BrCl2FN3O2. The average Bonchev–Trinajstić information content (AvgIpc) is 2.83. The Hall–Kier alpha value is -2.74. The van der Waals surface area contributed by atoms with Gasteiger partial charge in [0.25, 0.3) is 5.56 Å². The van der Waals surface area contributed by atoms with E-state index in [1.807, 2.05) is 12.1 Å². The van der Waals surface area contributed by atoms with Gasteiger partial charge in [0.05, 0.1) is 27.2 Å². The number of rotatable bonds is 8. The van der Waals surface area contributed by atoms with E-state index >= 15 is 0 Å². The second-order valence-electron chi connectivity index (χ2n) is 7.88. The van der Waals surface area contributed by atoms with Crippen LogP contribution in [0.1, 0.15) is 36.7 Å². The molecule has 0 aliphatic heterocycles. The fourth-order valence-corrected chi connectivity index (χ4v) is 4.44. The van der Waals surface area contributed by atoms with Crippen LogP contribution in [0.2, 0.25) is 10.0 Å². The van der Waals surface area contributed by atoms with Crippen molar-refractivity contribution in [2.45, 2.75) is 32.8 Å². The van der Waals surface area contributed by atoms with Crippen molar-refractivity contribution < 1.29 is 9.13 Å². The molecular weight excluding hydrogens is 556 g/mol. The highest BCUT2D eigenvalue weighted by Gasteiger charge is 2.13. The molecule has 1 aromatic heterocycles. The zero-order valence-corrected chi connectivity index (χ0v) is 21.9. The summed E-state index contributed by atoms with van der Waals surface area (Å²) >= 11 is 16.2. The maximum atomic E-state index is 13.2. The monoisotopic (exact) mass is 575 g/mol. The molecule has 4 aromatic rings. The van der Waals surface area contributed by atoms with Crippen molar-refractivity contribution in [2.24, 2.45) is 5.10 Å². The second kappa shape index (κ2) is 11.3. The molecule has 4 rings (SSSR count). The molecule has 0 aliphatic rings. The number of ether oxygens (including phenoxy) is 1. The van der Waals surface area contributed by atoms with E-state index in [4.69, 9.17) is 27.9 Å². The summed E-state index contributed by atoms with van der Waals surface area (Å²) in [5.74, 6) is 0.576. The number of halogens is 4. The van der Waals surface area contributed by atoms with Crippen LogP contribution < -0.4 is 10.3 Å². The summed E-state index contributed by atoms with van der Waals surface area (Å²) in [6.45, 7) is 2.26. The van der Waals surface area contributed by atoms with E-state index in [9.17, 15) is 9.18 Å². The molecule has 0 saturated carbocycles. The summed E-state index contributed by atoms with van der Waals surface area (Å²) in [6.07, 6.45) is 3.97. The molecule has 0 spiro atoms. The van der Waals surface area contributed by atoms with Crippen LogP contribution in [0.25, 0.3) is 10.9 Å². The van der Waals surface area contributed by atoms with Gasteiger partial charge < -0.3 is 4.74 Å². The predicted molar refractivity (Wildman–Crippen MR) is 143 cm³/mol. The topological polar surface area (TPSA) is 56.5 Å². The van der Waals surface area contributed by atoms with Crippen molar-refractivity contribution in [2.75, 3.05) is 0 Å². The fraction of sp³-hybridized carbons (Fsp3) is 0.192. The van der Waals surface area contributed by atoms with E-state index in [1.54, 1.807) is 30.3 Å². The Balaban J connectivity index is 1.63. The summed E-state index contributed by atoms with van der Waals surface area (Å²) in [6, 6.07) is 14.7. The summed E-state index contributed by atoms with van der Waals surface area (Å²) in [7, 11) is 0. The normalized spacial score (nSPS) is 11.5. The Labute approximate surface area is 220 Å². The summed E-state index contributed by atoms with van der Waals surface area (Å²) < 4.78 is 21.0. The van der Waals surface area contributed by atoms with Crippen LogP contribution in [0.5, 0.6) is 5.75 Å². The van der Waals surface area contributed by atoms with Crippen molar-refractivity contribution in [3.8, 4) is 5.75 Å². The largest absolute Gasteiger partial charge is 0.486 e. The lowest BCUT2D eigenvalue weighted by atomic mass is 10.2. The molecule has 35 heavy (non-hydrogen) atoms. The Bertz CT molecular complexity index is 1430. The summed E-state index contributed by atoms with van der Waals surface area (Å²) in [5, 5.41) is 5.48. The predicted octanol–water partition coefficient (Wildman–Crippen LogP) is 7.41. The van der Waals surface area contributed by atoms with Gasteiger partial charge in [0.15, 0.2) is 5.75 Å². The SMILES string of the molecule is CCCCc1nc2ccc(Br)cc2c(=O)n1N=Cc1cc(Cl)c(OCc2ccc(F)cc2)c(Cl)c1. The van der Waals surface area contributed by atoms with E-state index in [2.05, 4.69) is 32.9 Å². The summed E-state index contributed by atoms with van der Waals surface area (Å²) in [5.41, 5.74) is 1.75. The smallest absolute Gasteiger partial charge is 0.282 e. The third-order valence-corrected chi connectivity index (χ3v) is 6.32. The van der Waals surface area contributed by atoms with Crippen LogP contribution >= 0.6 is 39.1 Å². The molecule has 0 saturated heterocycles. The molecule has 0 N–H and O–H groups in total. The number of aryl methyl sites for hydroxylation is 1. The fourth-order valence-electron chi connectivity index (χ4n) is 3.46. The maximum Gasteiger partial charge on any atom is 0.282 e. The minimum atomic E-state index is -0.320. The zero-order valence-electron chi connectivity index (χ0n) is 18.8. The highest BCUT2D eigenvalue weighted by atomic mass is 79.9. The van der Waals surface area contributed by atoms with Gasteiger partial charge in [-0.25, -0.2) is 9.37 Å². The zero-order chi connectivity index (χ0) is 24.9. The third-order valence-electron chi connectivity index (χ3n) is 5.27. The molecule has 0 aliphatic carbocycles. The molecule has 9 heteroatoms. The first-order chi connectivity index (χ1) is 16.9. The number of fused-ring (bicyclic) bond motifs is 1. The first kappa shape index (κ1) is 25.4. The van der Waals surface area contributed by atoms with Gasteiger partial charge in [0.1, 0.15) is 18.2 Å². The van der Waals surface area contributed by atoms with E-state index in [1.165, 1.54) is 23.0 Å². The maximum absolute atomic E-state index is 13.2. The van der Waals surface area contributed by atoms with Gasteiger partial charge in [-0.05, 0) is 60.0 Å². The molecule has 5 nitrogen and oxygen atoms in total. The van der Waals surface area contributed by atoms with Crippen molar-refractivity contribution in [1.82, 2.24) is 9.66 Å². The van der Waals surface area contributed by atoms with E-state index in [0.29, 0.717) is 44.5 Å². The van der Waals surface area contributed by atoms with Gasteiger partial charge in [0, 0.05) is 10.9 Å². The van der Waals surface area contributed by atoms with E-state index < -0.39 is 0 Å². The minimum absolute atomic E-state index is 0.182. The van der Waals surface area contributed by atoms with E-state index in [-0.39, 0.29) is 18.0 Å². The van der Waals surface area contributed by atoms with Crippen LogP contribution in [0.4, 0.5) is 4.39 Å². The van der Waals surface area contributed by atoms with Gasteiger partial charge in [-0.3, -0.25) is 4.79 Å². The average molecular weight is 577 g/mol. The van der Waals surface area contributed by atoms with Gasteiger partial charge in [-0.15, -0.1) is 0 Å². The molecule has 1 heterocycles. The number of hydrogen-bond acceptors (Lipinski definition) is 4. The van der Waals surface area contributed by atoms with Gasteiger partial charge in [0.2, 0.25) is 0 Å². The number of hydrogen-bond donors (Lipinski definition) is 0. The van der Waals surface area contributed by atoms with Crippen molar-refractivity contribution in [3.63, 3.8) is 0 Å². The van der Waals surface area contributed by atoms with Crippen molar-refractivity contribution in [3.05, 3.63) is 102 Å². The van der Waals surface area contributed by atoms with Crippen molar-refractivity contribution >= 4 is 56.2 Å². The van der Waals surface area contributed by atoms with Gasteiger partial charge in [-0.2, -0.15) is 9.78 Å². The van der Waals surface area contributed by atoms with Gasteiger partial charge >= 0.3 is 0 Å². The Kier molecular flexibility index (Phi) is 8.21. The van der Waals surface area contributed by atoms with Crippen LogP contribution in [0, 0.1) is 5.82 Å². The molecule has 3 aromatic carbocycles. The van der Waals surface area contributed by atoms with Crippen LogP contribution in [0.15, 0.2) is 69.0 Å². The Morgan fingerprint density at radius 2 is 1.83 bits per heavy atom. The minimum Gasteiger partial charge on any atom is -0.486 e. The first-order valence-corrected chi connectivity index (χ1v) is 12.5. The van der Waals surface area contributed by atoms with Crippen LogP contribution in [-0.4, -0.2) is 15.9 Å². The molecule has 0 fully saturated rings. The van der Waals surface area contributed by atoms with Gasteiger partial charge in [-0.1, -0.05) is 64.6 Å². The molecule has 0 bridgehead atoms.